The lowest BCUT2D eigenvalue weighted by molar-refractivity contribution is 1.06. The van der Waals surface area contributed by atoms with Crippen molar-refractivity contribution in [3.63, 3.8) is 0 Å². The third-order valence-electron chi connectivity index (χ3n) is 1.50. The van der Waals surface area contributed by atoms with E-state index < -0.39 is 0 Å². The van der Waals surface area contributed by atoms with Crippen LogP contribution < -0.4 is 5.32 Å². The molecule has 0 unspecified atom stereocenters. The Morgan fingerprint density at radius 2 is 2.50 bits per heavy atom. The Morgan fingerprint density at radius 1 is 1.67 bits per heavy atom. The maximum absolute atomic E-state index is 4.40. The number of hydrogen-bond donors (Lipinski definition) is 1. The van der Waals surface area contributed by atoms with Crippen LogP contribution in [0.15, 0.2) is 5.38 Å². The van der Waals surface area contributed by atoms with E-state index in [1.807, 2.05) is 11.8 Å². The summed E-state index contributed by atoms with van der Waals surface area (Å²) in [4.78, 5) is 4.40. The molecule has 0 aliphatic heterocycles. The van der Waals surface area contributed by atoms with E-state index in [9.17, 15) is 0 Å². The number of rotatable bonds is 5. The zero-order valence-electron chi connectivity index (χ0n) is 7.46. The van der Waals surface area contributed by atoms with Crippen molar-refractivity contribution in [2.24, 2.45) is 0 Å². The first kappa shape index (κ1) is 9.86. The fraction of sp³-hybridized carbons (Fsp3) is 0.625. The van der Waals surface area contributed by atoms with Gasteiger partial charge in [-0.15, -0.1) is 11.3 Å². The van der Waals surface area contributed by atoms with Gasteiger partial charge >= 0.3 is 0 Å². The number of nitrogens with zero attached hydrogens (tertiary/aromatic N) is 1. The second-order valence-electron chi connectivity index (χ2n) is 2.42. The molecule has 1 N–H and O–H groups in total. The molecule has 0 aliphatic carbocycles. The van der Waals surface area contributed by atoms with E-state index in [4.69, 9.17) is 0 Å². The Bertz CT molecular complexity index is 223. The Hall–Kier alpha value is -0.220. The lowest BCUT2D eigenvalue weighted by Gasteiger charge is -1.98. The molecule has 0 radical (unpaired) electrons. The second-order valence-corrected chi connectivity index (χ2v) is 4.26. The predicted octanol–water partition coefficient (Wildman–Crippen LogP) is 2.48. The molecule has 1 aromatic heterocycles. The maximum Gasteiger partial charge on any atom is 0.182 e. The standard InChI is InChI=1S/C8H14N2S2/c1-3-7-6-12-8(10-7)9-4-5-11-2/h6H,3-5H2,1-2H3,(H,9,10). The molecule has 0 atom stereocenters. The summed E-state index contributed by atoms with van der Waals surface area (Å²) >= 11 is 3.54. The number of thiazole rings is 1. The number of nitrogens with one attached hydrogen (secondary N) is 1. The van der Waals surface area contributed by atoms with Crippen molar-refractivity contribution in [2.45, 2.75) is 13.3 Å². The van der Waals surface area contributed by atoms with Crippen molar-refractivity contribution in [1.29, 1.82) is 0 Å². The Labute approximate surface area is 81.8 Å². The van der Waals surface area contributed by atoms with Crippen molar-refractivity contribution in [3.05, 3.63) is 11.1 Å². The van der Waals surface area contributed by atoms with Crippen LogP contribution in [0.2, 0.25) is 0 Å². The van der Waals surface area contributed by atoms with Crippen LogP contribution in [-0.4, -0.2) is 23.5 Å². The molecular formula is C8H14N2S2. The van der Waals surface area contributed by atoms with Crippen LogP contribution in [0.5, 0.6) is 0 Å². The fourth-order valence-electron chi connectivity index (χ4n) is 0.811. The van der Waals surface area contributed by atoms with Gasteiger partial charge in [-0.1, -0.05) is 6.92 Å². The maximum atomic E-state index is 4.40. The average Bonchev–Trinajstić information content (AvgIpc) is 2.53. The smallest absolute Gasteiger partial charge is 0.182 e. The molecule has 1 aromatic rings. The van der Waals surface area contributed by atoms with Crippen LogP contribution in [0.25, 0.3) is 0 Å². The number of anilines is 1. The Morgan fingerprint density at radius 3 is 3.08 bits per heavy atom. The highest BCUT2D eigenvalue weighted by Crippen LogP contribution is 2.15. The Kier molecular flexibility index (Phi) is 4.46. The monoisotopic (exact) mass is 202 g/mol. The average molecular weight is 202 g/mol. The van der Waals surface area contributed by atoms with Crippen molar-refractivity contribution in [2.75, 3.05) is 23.9 Å². The molecule has 0 saturated carbocycles. The highest BCUT2D eigenvalue weighted by Gasteiger charge is 1.97. The summed E-state index contributed by atoms with van der Waals surface area (Å²) in [6.45, 7) is 3.14. The van der Waals surface area contributed by atoms with E-state index in [0.29, 0.717) is 0 Å². The molecule has 2 nitrogen and oxygen atoms in total. The summed E-state index contributed by atoms with van der Waals surface area (Å²) in [6.07, 6.45) is 3.14. The lowest BCUT2D eigenvalue weighted by Crippen LogP contribution is -2.03. The van der Waals surface area contributed by atoms with Crippen LogP contribution in [0.1, 0.15) is 12.6 Å². The normalized spacial score (nSPS) is 10.2. The number of aromatic nitrogens is 1. The predicted molar refractivity (Wildman–Crippen MR) is 58.4 cm³/mol. The van der Waals surface area contributed by atoms with Gasteiger partial charge in [0, 0.05) is 17.7 Å². The molecule has 0 amide bonds. The highest BCUT2D eigenvalue weighted by molar-refractivity contribution is 7.98. The third-order valence-corrected chi connectivity index (χ3v) is 2.96. The summed E-state index contributed by atoms with van der Waals surface area (Å²) in [7, 11) is 0. The molecule has 0 aliphatic rings. The number of thioether (sulfide) groups is 1. The van der Waals surface area contributed by atoms with Crippen LogP contribution in [0.4, 0.5) is 5.13 Å². The minimum Gasteiger partial charge on any atom is -0.361 e. The molecular weight excluding hydrogens is 188 g/mol. The third kappa shape index (κ3) is 3.03. The van der Waals surface area contributed by atoms with Gasteiger partial charge in [0.1, 0.15) is 0 Å². The van der Waals surface area contributed by atoms with Crippen LogP contribution in [0.3, 0.4) is 0 Å². The largest absolute Gasteiger partial charge is 0.361 e. The summed E-state index contributed by atoms with van der Waals surface area (Å²) in [5, 5.41) is 6.46. The SMILES string of the molecule is CCc1csc(NCCSC)n1. The van der Waals surface area contributed by atoms with E-state index >= 15 is 0 Å². The zero-order chi connectivity index (χ0) is 8.81. The van der Waals surface area contributed by atoms with Gasteiger partial charge < -0.3 is 5.32 Å². The number of aryl methyl sites for hydroxylation is 1. The second kappa shape index (κ2) is 5.43. The minimum atomic E-state index is 1.01. The molecule has 0 aromatic carbocycles. The zero-order valence-corrected chi connectivity index (χ0v) is 9.10. The van der Waals surface area contributed by atoms with E-state index in [1.54, 1.807) is 11.3 Å². The fourth-order valence-corrected chi connectivity index (χ4v) is 1.94. The van der Waals surface area contributed by atoms with Crippen molar-refractivity contribution in [1.82, 2.24) is 4.98 Å². The topological polar surface area (TPSA) is 24.9 Å². The minimum absolute atomic E-state index is 1.01. The first-order valence-corrected chi connectivity index (χ1v) is 6.31. The van der Waals surface area contributed by atoms with Gasteiger partial charge in [-0.3, -0.25) is 0 Å². The van der Waals surface area contributed by atoms with Crippen LogP contribution in [0, 0.1) is 0 Å². The lowest BCUT2D eigenvalue weighted by atomic mass is 10.4. The molecule has 0 bridgehead atoms. The van der Waals surface area contributed by atoms with Crippen LogP contribution in [-0.2, 0) is 6.42 Å². The molecule has 1 rings (SSSR count). The van der Waals surface area contributed by atoms with E-state index in [1.165, 1.54) is 5.69 Å². The molecule has 0 saturated heterocycles. The quantitative estimate of drug-likeness (QED) is 0.743. The van der Waals surface area contributed by atoms with Gasteiger partial charge in [0.25, 0.3) is 0 Å². The van der Waals surface area contributed by atoms with Gasteiger partial charge in [0.2, 0.25) is 0 Å². The van der Waals surface area contributed by atoms with E-state index in [-0.39, 0.29) is 0 Å². The van der Waals surface area contributed by atoms with Crippen LogP contribution >= 0.6 is 23.1 Å². The molecule has 12 heavy (non-hydrogen) atoms. The summed E-state index contributed by atoms with van der Waals surface area (Å²) in [5.41, 5.74) is 1.19. The van der Waals surface area contributed by atoms with Crippen molar-refractivity contribution >= 4 is 28.2 Å². The van der Waals surface area contributed by atoms with Gasteiger partial charge in [-0.2, -0.15) is 11.8 Å². The molecule has 68 valence electrons. The first-order valence-electron chi connectivity index (χ1n) is 4.04. The van der Waals surface area contributed by atoms with Gasteiger partial charge in [0.15, 0.2) is 5.13 Å². The molecule has 4 heteroatoms. The van der Waals surface area contributed by atoms with Crippen molar-refractivity contribution < 1.29 is 0 Å². The van der Waals surface area contributed by atoms with Gasteiger partial charge in [0.05, 0.1) is 5.69 Å². The van der Waals surface area contributed by atoms with E-state index in [2.05, 4.69) is 28.9 Å². The summed E-state index contributed by atoms with van der Waals surface area (Å²) in [5.74, 6) is 1.14. The molecule has 0 fully saturated rings. The van der Waals surface area contributed by atoms with Gasteiger partial charge in [-0.05, 0) is 12.7 Å². The summed E-state index contributed by atoms with van der Waals surface area (Å²) < 4.78 is 0. The molecule has 0 spiro atoms. The summed E-state index contributed by atoms with van der Waals surface area (Å²) in [6, 6.07) is 0. The van der Waals surface area contributed by atoms with Crippen molar-refractivity contribution in [3.8, 4) is 0 Å². The molecule has 1 heterocycles. The van der Waals surface area contributed by atoms with E-state index in [0.717, 1.165) is 23.8 Å². The van der Waals surface area contributed by atoms with Gasteiger partial charge in [-0.25, -0.2) is 4.98 Å². The first-order chi connectivity index (χ1) is 5.86. The highest BCUT2D eigenvalue weighted by atomic mass is 32.2. The Balaban J connectivity index is 2.31. The number of hydrogen-bond acceptors (Lipinski definition) is 4.